The molecule has 1 rings (SSSR count). The van der Waals surface area contributed by atoms with Crippen molar-refractivity contribution >= 4 is 17.3 Å². The van der Waals surface area contributed by atoms with E-state index in [1.807, 2.05) is 0 Å². The van der Waals surface area contributed by atoms with Crippen LogP contribution in [0.5, 0.6) is 0 Å². The molecule has 1 heterocycles. The Kier molecular flexibility index (Phi) is 4.53. The molecule has 0 aliphatic heterocycles. The summed E-state index contributed by atoms with van der Waals surface area (Å²) in [5, 5.41) is 10.0. The van der Waals surface area contributed by atoms with Crippen LogP contribution in [0.3, 0.4) is 0 Å². The number of carbonyl (C=O) groups is 1. The molecule has 96 valence electrons. The van der Waals surface area contributed by atoms with Gasteiger partial charge in [-0.15, -0.1) is 11.3 Å². The van der Waals surface area contributed by atoms with Crippen molar-refractivity contribution in [2.75, 3.05) is 0 Å². The van der Waals surface area contributed by atoms with Crippen LogP contribution < -0.4 is 0 Å². The number of hydrogen-bond donors (Lipinski definition) is 1. The average Bonchev–Trinajstić information content (AvgIpc) is 2.77. The highest BCUT2D eigenvalue weighted by molar-refractivity contribution is 7.10. The number of ether oxygens (including phenoxy) is 1. The Balaban J connectivity index is 2.77. The molecule has 0 spiro atoms. The molecule has 1 aromatic heterocycles. The van der Waals surface area contributed by atoms with Gasteiger partial charge in [-0.25, -0.2) is 9.18 Å². The van der Waals surface area contributed by atoms with E-state index >= 15 is 0 Å². The number of carboxylic acid groups (broad SMARTS) is 1. The van der Waals surface area contributed by atoms with Crippen LogP contribution in [0.2, 0.25) is 0 Å². The number of aliphatic carboxylic acids is 1. The van der Waals surface area contributed by atoms with Gasteiger partial charge in [0.1, 0.15) is 0 Å². The van der Waals surface area contributed by atoms with Crippen LogP contribution in [0.4, 0.5) is 13.2 Å². The van der Waals surface area contributed by atoms with Crippen molar-refractivity contribution < 1.29 is 27.8 Å². The van der Waals surface area contributed by atoms with E-state index in [2.05, 4.69) is 4.74 Å². The summed E-state index contributed by atoms with van der Waals surface area (Å²) in [6.07, 6.45) is -8.69. The Morgan fingerprint density at radius 2 is 2.29 bits per heavy atom. The van der Waals surface area contributed by atoms with E-state index in [-0.39, 0.29) is 11.3 Å². The van der Waals surface area contributed by atoms with Gasteiger partial charge in [0.05, 0.1) is 0 Å². The van der Waals surface area contributed by atoms with E-state index in [0.717, 1.165) is 11.3 Å². The Morgan fingerprint density at radius 3 is 2.71 bits per heavy atom. The lowest BCUT2D eigenvalue weighted by molar-refractivity contribution is -0.294. The highest BCUT2D eigenvalue weighted by atomic mass is 32.1. The van der Waals surface area contributed by atoms with Crippen LogP contribution in [0.1, 0.15) is 24.4 Å². The van der Waals surface area contributed by atoms with Gasteiger partial charge in [0.15, 0.2) is 6.10 Å². The van der Waals surface area contributed by atoms with E-state index in [1.54, 1.807) is 0 Å². The van der Waals surface area contributed by atoms with Gasteiger partial charge in [-0.1, -0.05) is 13.0 Å². The largest absolute Gasteiger partial charge is 0.479 e. The number of rotatable bonds is 6. The third-order valence-corrected chi connectivity index (χ3v) is 2.94. The fourth-order valence-electron chi connectivity index (χ4n) is 1.16. The fourth-order valence-corrected chi connectivity index (χ4v) is 1.89. The Bertz CT molecular complexity index is 367. The minimum atomic E-state index is -4.15. The molecule has 1 aromatic rings. The lowest BCUT2D eigenvalue weighted by Gasteiger charge is -2.23. The molecular weight excluding hydrogens is 257 g/mol. The molecule has 0 saturated heterocycles. The van der Waals surface area contributed by atoms with E-state index in [1.165, 1.54) is 24.4 Å². The summed E-state index contributed by atoms with van der Waals surface area (Å²) >= 11 is 0.819. The number of thiophene rings is 1. The molecular formula is C10H11F3O3S. The Labute approximate surface area is 99.8 Å². The summed E-state index contributed by atoms with van der Waals surface area (Å²) in [6, 6.07) is 2.63. The average molecular weight is 268 g/mol. The minimum absolute atomic E-state index is 0.165. The van der Waals surface area contributed by atoms with E-state index in [0.29, 0.717) is 0 Å². The molecule has 1 N–H and O–H groups in total. The van der Waals surface area contributed by atoms with Crippen molar-refractivity contribution in [2.45, 2.75) is 31.7 Å². The first kappa shape index (κ1) is 14.0. The maximum atomic E-state index is 13.4. The molecule has 7 heteroatoms. The maximum Gasteiger partial charge on any atom is 0.392 e. The molecule has 0 bridgehead atoms. The Hall–Kier alpha value is -1.08. The quantitative estimate of drug-likeness (QED) is 0.861. The maximum absolute atomic E-state index is 13.4. The van der Waals surface area contributed by atoms with Crippen molar-refractivity contribution in [3.8, 4) is 0 Å². The molecule has 0 saturated carbocycles. The number of alkyl halides is 3. The second-order valence-corrected chi connectivity index (χ2v) is 4.27. The van der Waals surface area contributed by atoms with Gasteiger partial charge in [0, 0.05) is 4.88 Å². The van der Waals surface area contributed by atoms with Gasteiger partial charge < -0.3 is 9.84 Å². The predicted octanol–water partition coefficient (Wildman–Crippen LogP) is 3.23. The fraction of sp³-hybridized carbons (Fsp3) is 0.500. The zero-order valence-corrected chi connectivity index (χ0v) is 9.72. The molecule has 3 nitrogen and oxygen atoms in total. The van der Waals surface area contributed by atoms with Crippen LogP contribution in [0.25, 0.3) is 0 Å². The lowest BCUT2D eigenvalue weighted by Crippen LogP contribution is -2.36. The molecule has 0 aliphatic rings. The predicted molar refractivity (Wildman–Crippen MR) is 55.9 cm³/mol. The second-order valence-electron chi connectivity index (χ2n) is 3.29. The van der Waals surface area contributed by atoms with Crippen LogP contribution >= 0.6 is 11.3 Å². The number of carboxylic acids is 1. The van der Waals surface area contributed by atoms with Crippen LogP contribution in [-0.2, 0) is 9.53 Å². The smallest absolute Gasteiger partial charge is 0.392 e. The van der Waals surface area contributed by atoms with E-state index < -0.39 is 24.4 Å². The summed E-state index contributed by atoms with van der Waals surface area (Å²) in [7, 11) is 0. The second kappa shape index (κ2) is 5.50. The first-order chi connectivity index (χ1) is 7.88. The monoisotopic (exact) mass is 268 g/mol. The van der Waals surface area contributed by atoms with Crippen molar-refractivity contribution in [2.24, 2.45) is 0 Å². The van der Waals surface area contributed by atoms with Gasteiger partial charge in [-0.3, -0.25) is 0 Å². The summed E-state index contributed by atoms with van der Waals surface area (Å²) in [4.78, 5) is 10.3. The van der Waals surface area contributed by atoms with E-state index in [4.69, 9.17) is 5.11 Å². The molecule has 2 unspecified atom stereocenters. The van der Waals surface area contributed by atoms with Crippen molar-refractivity contribution in [1.82, 2.24) is 0 Å². The molecule has 0 fully saturated rings. The molecule has 2 atom stereocenters. The molecule has 0 amide bonds. The minimum Gasteiger partial charge on any atom is -0.479 e. The van der Waals surface area contributed by atoms with Crippen molar-refractivity contribution in [1.29, 1.82) is 0 Å². The lowest BCUT2D eigenvalue weighted by atomic mass is 10.2. The zero-order chi connectivity index (χ0) is 13.1. The topological polar surface area (TPSA) is 46.5 Å². The van der Waals surface area contributed by atoms with Gasteiger partial charge in [-0.05, 0) is 17.9 Å². The van der Waals surface area contributed by atoms with Gasteiger partial charge >= 0.3 is 12.1 Å². The highest BCUT2D eigenvalue weighted by Crippen LogP contribution is 2.38. The Morgan fingerprint density at radius 1 is 1.65 bits per heavy atom. The first-order valence-electron chi connectivity index (χ1n) is 4.84. The zero-order valence-electron chi connectivity index (χ0n) is 8.90. The highest BCUT2D eigenvalue weighted by Gasteiger charge is 2.46. The standard InChI is InChI=1S/C10H11F3O3S/c1-2-6(9(14)15)16-10(12,13)8(11)7-4-3-5-17-7/h3-6,8H,2H2,1H3,(H,14,15). The normalized spacial score (nSPS) is 15.5. The SMILES string of the molecule is CCC(OC(F)(F)C(F)c1cccs1)C(=O)O. The summed E-state index contributed by atoms with van der Waals surface area (Å²) in [6.45, 7) is 1.37. The van der Waals surface area contributed by atoms with Crippen LogP contribution in [0.15, 0.2) is 17.5 Å². The summed E-state index contributed by atoms with van der Waals surface area (Å²) < 4.78 is 44.1. The van der Waals surface area contributed by atoms with Crippen molar-refractivity contribution in [3.05, 3.63) is 22.4 Å². The first-order valence-corrected chi connectivity index (χ1v) is 5.72. The molecule has 17 heavy (non-hydrogen) atoms. The molecule has 0 aliphatic carbocycles. The van der Waals surface area contributed by atoms with Crippen LogP contribution in [-0.4, -0.2) is 23.3 Å². The summed E-state index contributed by atoms with van der Waals surface area (Å²) in [5.74, 6) is -1.54. The van der Waals surface area contributed by atoms with Gasteiger partial charge in [-0.2, -0.15) is 8.78 Å². The van der Waals surface area contributed by atoms with Crippen molar-refractivity contribution in [3.63, 3.8) is 0 Å². The number of halogens is 3. The van der Waals surface area contributed by atoms with Gasteiger partial charge in [0.25, 0.3) is 0 Å². The van der Waals surface area contributed by atoms with E-state index in [9.17, 15) is 18.0 Å². The third-order valence-electron chi connectivity index (χ3n) is 2.03. The third kappa shape index (κ3) is 3.44. The van der Waals surface area contributed by atoms with Crippen LogP contribution in [0, 0.1) is 0 Å². The van der Waals surface area contributed by atoms with Gasteiger partial charge in [0.2, 0.25) is 6.17 Å². The summed E-state index contributed by atoms with van der Waals surface area (Å²) in [5.41, 5.74) is 0. The molecule has 0 radical (unpaired) electrons. The number of hydrogen-bond acceptors (Lipinski definition) is 3. The molecule has 0 aromatic carbocycles.